The first kappa shape index (κ1) is 18.9. The van der Waals surface area contributed by atoms with Gasteiger partial charge in [-0.1, -0.05) is 0 Å². The Labute approximate surface area is 142 Å². The molecule has 2 bridgehead atoms. The standard InChI is InChI=1S/C14H26ClN3O4S/c15-7-2-8-23(21,22)17-9-12(19)10-18-11-3-1-5-14(18,6-4-11)13(16)20/h11-12,17,19H,1-10H2,(H2,16,20)/t11-,12?,14+/m1/s1. The maximum Gasteiger partial charge on any atom is 0.237 e. The van der Waals surface area contributed by atoms with Crippen molar-refractivity contribution in [2.45, 2.75) is 56.2 Å². The van der Waals surface area contributed by atoms with Crippen LogP contribution >= 0.6 is 11.6 Å². The zero-order valence-corrected chi connectivity index (χ0v) is 14.8. The van der Waals surface area contributed by atoms with Gasteiger partial charge in [0.2, 0.25) is 15.9 Å². The van der Waals surface area contributed by atoms with Crippen LogP contribution in [0, 0.1) is 0 Å². The van der Waals surface area contributed by atoms with Gasteiger partial charge in [-0.15, -0.1) is 11.6 Å². The molecular formula is C14H26ClN3O4S. The number of β-amino-alcohol motifs (C(OH)–C–C–N with tert-alkyl or cyclic N) is 1. The minimum absolute atomic E-state index is 0.0548. The van der Waals surface area contributed by atoms with Gasteiger partial charge in [0.25, 0.3) is 0 Å². The summed E-state index contributed by atoms with van der Waals surface area (Å²) in [6, 6.07) is 0.249. The minimum atomic E-state index is -3.43. The fourth-order valence-corrected chi connectivity index (χ4v) is 5.20. The van der Waals surface area contributed by atoms with Crippen LogP contribution in [0.25, 0.3) is 0 Å². The van der Waals surface area contributed by atoms with Crippen LogP contribution in [0.4, 0.5) is 0 Å². The number of halogens is 1. The predicted octanol–water partition coefficient (Wildman–Crippen LogP) is -0.232. The van der Waals surface area contributed by atoms with Gasteiger partial charge >= 0.3 is 0 Å². The Hall–Kier alpha value is -0.410. The highest BCUT2D eigenvalue weighted by molar-refractivity contribution is 7.89. The Morgan fingerprint density at radius 1 is 1.43 bits per heavy atom. The lowest BCUT2D eigenvalue weighted by Crippen LogP contribution is -2.60. The molecule has 9 heteroatoms. The third-order valence-electron chi connectivity index (χ3n) is 4.96. The highest BCUT2D eigenvalue weighted by Crippen LogP contribution is 2.43. The topological polar surface area (TPSA) is 113 Å². The Morgan fingerprint density at radius 2 is 2.17 bits per heavy atom. The predicted molar refractivity (Wildman–Crippen MR) is 88.6 cm³/mol. The SMILES string of the molecule is NC(=O)[C@]12CCC[C@H](CC1)N2CC(O)CNS(=O)(=O)CCCCl. The number of nitrogens with two attached hydrogens (primary N) is 1. The van der Waals surface area contributed by atoms with E-state index in [1.54, 1.807) is 0 Å². The molecule has 23 heavy (non-hydrogen) atoms. The third kappa shape index (κ3) is 4.36. The summed E-state index contributed by atoms with van der Waals surface area (Å²) in [6.07, 6.45) is 3.78. The van der Waals surface area contributed by atoms with E-state index < -0.39 is 21.7 Å². The maximum atomic E-state index is 11.9. The summed E-state index contributed by atoms with van der Waals surface area (Å²) >= 11 is 5.49. The van der Waals surface area contributed by atoms with E-state index >= 15 is 0 Å². The molecule has 134 valence electrons. The van der Waals surface area contributed by atoms with Crippen molar-refractivity contribution in [3.05, 3.63) is 0 Å². The zero-order chi connectivity index (χ0) is 17.1. The van der Waals surface area contributed by atoms with Crippen molar-refractivity contribution >= 4 is 27.5 Å². The number of rotatable bonds is 9. The molecule has 7 nitrogen and oxygen atoms in total. The lowest BCUT2D eigenvalue weighted by Gasteiger charge is -2.43. The van der Waals surface area contributed by atoms with E-state index in [4.69, 9.17) is 17.3 Å². The van der Waals surface area contributed by atoms with Gasteiger partial charge in [0.1, 0.15) is 5.54 Å². The van der Waals surface area contributed by atoms with Crippen molar-refractivity contribution in [2.24, 2.45) is 5.73 Å². The van der Waals surface area contributed by atoms with Crippen LogP contribution in [-0.4, -0.2) is 66.7 Å². The normalized spacial score (nSPS) is 29.6. The number of hydrogen-bond acceptors (Lipinski definition) is 5. The summed E-state index contributed by atoms with van der Waals surface area (Å²) in [4.78, 5) is 13.9. The first-order chi connectivity index (χ1) is 10.8. The van der Waals surface area contributed by atoms with Crippen molar-refractivity contribution < 1.29 is 18.3 Å². The van der Waals surface area contributed by atoms with E-state index in [9.17, 15) is 18.3 Å². The Balaban J connectivity index is 1.92. The summed E-state index contributed by atoms with van der Waals surface area (Å²) in [5, 5.41) is 10.2. The second kappa shape index (κ2) is 7.65. The maximum absolute atomic E-state index is 11.9. The third-order valence-corrected chi connectivity index (χ3v) is 6.66. The number of sulfonamides is 1. The number of amides is 1. The molecule has 4 N–H and O–H groups in total. The molecule has 0 aromatic rings. The van der Waals surface area contributed by atoms with E-state index in [0.29, 0.717) is 12.8 Å². The quantitative estimate of drug-likeness (QED) is 0.487. The van der Waals surface area contributed by atoms with Gasteiger partial charge in [0.05, 0.1) is 11.9 Å². The van der Waals surface area contributed by atoms with Gasteiger partial charge in [0, 0.05) is 25.0 Å². The highest BCUT2D eigenvalue weighted by Gasteiger charge is 2.52. The van der Waals surface area contributed by atoms with Gasteiger partial charge in [0.15, 0.2) is 0 Å². The number of primary amides is 1. The summed E-state index contributed by atoms with van der Waals surface area (Å²) in [7, 11) is -3.43. The van der Waals surface area contributed by atoms with Crippen molar-refractivity contribution in [1.29, 1.82) is 0 Å². The fraction of sp³-hybridized carbons (Fsp3) is 0.929. The molecule has 0 aromatic heterocycles. The van der Waals surface area contributed by atoms with E-state index in [0.717, 1.165) is 25.7 Å². The van der Waals surface area contributed by atoms with Crippen LogP contribution in [0.2, 0.25) is 0 Å². The number of fused-ring (bicyclic) bond motifs is 2. The highest BCUT2D eigenvalue weighted by atomic mass is 35.5. The van der Waals surface area contributed by atoms with E-state index in [1.807, 2.05) is 4.90 Å². The first-order valence-electron chi connectivity index (χ1n) is 8.09. The molecule has 2 fully saturated rings. The smallest absolute Gasteiger partial charge is 0.237 e. The molecule has 0 radical (unpaired) electrons. The molecule has 2 aliphatic rings. The number of carbonyl (C=O) groups excluding carboxylic acids is 1. The molecule has 0 saturated carbocycles. The summed E-state index contributed by atoms with van der Waals surface area (Å²) < 4.78 is 25.9. The number of nitrogens with zero attached hydrogens (tertiary/aromatic N) is 1. The average molecular weight is 368 g/mol. The molecule has 0 spiro atoms. The molecule has 2 rings (SSSR count). The van der Waals surface area contributed by atoms with Crippen LogP contribution < -0.4 is 10.5 Å². The van der Waals surface area contributed by atoms with Gasteiger partial charge in [-0.25, -0.2) is 13.1 Å². The van der Waals surface area contributed by atoms with E-state index in [1.165, 1.54) is 0 Å². The van der Waals surface area contributed by atoms with Gasteiger partial charge in [-0.05, 0) is 38.5 Å². The molecule has 2 heterocycles. The number of alkyl halides is 1. The van der Waals surface area contributed by atoms with Crippen molar-refractivity contribution in [1.82, 2.24) is 9.62 Å². The number of aliphatic hydroxyl groups is 1. The van der Waals surface area contributed by atoms with E-state index in [2.05, 4.69) is 4.72 Å². The number of piperidine rings is 1. The lowest BCUT2D eigenvalue weighted by molar-refractivity contribution is -0.132. The number of nitrogens with one attached hydrogen (secondary N) is 1. The molecule has 1 unspecified atom stereocenters. The molecular weight excluding hydrogens is 342 g/mol. The molecule has 2 saturated heterocycles. The zero-order valence-electron chi connectivity index (χ0n) is 13.2. The van der Waals surface area contributed by atoms with Crippen molar-refractivity contribution in [2.75, 3.05) is 24.7 Å². The summed E-state index contributed by atoms with van der Waals surface area (Å²) in [6.45, 7) is 0.189. The second-order valence-corrected chi connectivity index (χ2v) is 8.80. The number of carbonyl (C=O) groups is 1. The average Bonchev–Trinajstić information content (AvgIpc) is 2.71. The Kier molecular flexibility index (Phi) is 6.29. The molecule has 3 atom stereocenters. The first-order valence-corrected chi connectivity index (χ1v) is 10.3. The van der Waals surface area contributed by atoms with Crippen LogP contribution in [0.3, 0.4) is 0 Å². The molecule has 1 amide bonds. The lowest BCUT2D eigenvalue weighted by atomic mass is 9.87. The van der Waals surface area contributed by atoms with Crippen LogP contribution in [0.15, 0.2) is 0 Å². The van der Waals surface area contributed by atoms with Crippen molar-refractivity contribution in [3.63, 3.8) is 0 Å². The number of aliphatic hydroxyl groups excluding tert-OH is 1. The fourth-order valence-electron chi connectivity index (χ4n) is 3.80. The van der Waals surface area contributed by atoms with Crippen LogP contribution in [0.1, 0.15) is 38.5 Å². The van der Waals surface area contributed by atoms with Gasteiger partial charge < -0.3 is 10.8 Å². The van der Waals surface area contributed by atoms with Crippen LogP contribution in [0.5, 0.6) is 0 Å². The Bertz CT molecular complexity index is 526. The summed E-state index contributed by atoms with van der Waals surface area (Å²) in [5.41, 5.74) is 4.95. The van der Waals surface area contributed by atoms with Gasteiger partial charge in [-0.3, -0.25) is 9.69 Å². The van der Waals surface area contributed by atoms with Crippen LogP contribution in [-0.2, 0) is 14.8 Å². The largest absolute Gasteiger partial charge is 0.390 e. The number of hydrogen-bond donors (Lipinski definition) is 3. The summed E-state index contributed by atoms with van der Waals surface area (Å²) in [5.74, 6) is -0.115. The van der Waals surface area contributed by atoms with Crippen molar-refractivity contribution in [3.8, 4) is 0 Å². The molecule has 0 aliphatic carbocycles. The molecule has 0 aromatic carbocycles. The second-order valence-electron chi connectivity index (χ2n) is 6.50. The monoisotopic (exact) mass is 367 g/mol. The van der Waals surface area contributed by atoms with Gasteiger partial charge in [-0.2, -0.15) is 0 Å². The van der Waals surface area contributed by atoms with E-state index in [-0.39, 0.29) is 36.7 Å². The minimum Gasteiger partial charge on any atom is -0.390 e. The molecule has 2 aliphatic heterocycles. The Morgan fingerprint density at radius 3 is 2.83 bits per heavy atom.